The van der Waals surface area contributed by atoms with Crippen molar-refractivity contribution in [1.82, 2.24) is 9.13 Å². The van der Waals surface area contributed by atoms with Crippen molar-refractivity contribution in [3.63, 3.8) is 0 Å². The molecule has 140 valence electrons. The molecule has 0 saturated heterocycles. The van der Waals surface area contributed by atoms with Gasteiger partial charge in [0, 0.05) is 6.07 Å². The third-order valence-electron chi connectivity index (χ3n) is 4.73. The smallest absolute Gasteiger partial charge is 0.337 e. The summed E-state index contributed by atoms with van der Waals surface area (Å²) >= 11 is 5.69. The average Bonchev–Trinajstić information content (AvgIpc) is 2.64. The maximum atomic E-state index is 13.3. The molecule has 0 amide bonds. The average molecular weight is 390 g/mol. The fourth-order valence-electron chi connectivity index (χ4n) is 3.24. The molecule has 0 bridgehead atoms. The van der Waals surface area contributed by atoms with Crippen LogP contribution in [0, 0.1) is 25.5 Å². The van der Waals surface area contributed by atoms with Gasteiger partial charge < -0.3 is 4.42 Å². The number of nitrogens with zero attached hydrogens (tertiary/aromatic N) is 2. The molecule has 0 unspecified atom stereocenters. The fourth-order valence-corrected chi connectivity index (χ4v) is 3.62. The molecule has 4 aromatic rings. The lowest BCUT2D eigenvalue weighted by molar-refractivity contribution is 0.534. The summed E-state index contributed by atoms with van der Waals surface area (Å²) in [5.74, 6) is 0. The molecular weight excluding hydrogens is 372 g/mol. The molecule has 4 rings (SSSR count). The van der Waals surface area contributed by atoms with Crippen LogP contribution in [-0.4, -0.2) is 9.13 Å². The highest BCUT2D eigenvalue weighted by Crippen LogP contribution is 2.21. The largest absolute Gasteiger partial charge is 0.405 e. The lowest BCUT2D eigenvalue weighted by Gasteiger charge is -2.16. The van der Waals surface area contributed by atoms with Crippen LogP contribution in [0.15, 0.2) is 68.6 Å². The number of aryl methyl sites for hydroxylation is 3. The van der Waals surface area contributed by atoms with Crippen molar-refractivity contribution in [2.24, 2.45) is 0 Å². The highest BCUT2D eigenvalue weighted by molar-refractivity contribution is 7.71. The Hall–Kier alpha value is -3.25. The van der Waals surface area contributed by atoms with Gasteiger partial charge >= 0.3 is 5.63 Å². The highest BCUT2D eigenvalue weighted by Gasteiger charge is 2.18. The normalized spacial score (nSPS) is 11.1. The van der Waals surface area contributed by atoms with Crippen LogP contribution in [0.2, 0.25) is 0 Å². The van der Waals surface area contributed by atoms with Crippen LogP contribution in [0.5, 0.6) is 0 Å². The second-order valence-electron chi connectivity index (χ2n) is 6.86. The molecule has 0 radical (unpaired) electrons. The first-order valence-corrected chi connectivity index (χ1v) is 9.24. The molecule has 0 atom stereocenters. The number of fused-ring (bicyclic) bond motifs is 1. The highest BCUT2D eigenvalue weighted by atomic mass is 32.1. The third-order valence-corrected chi connectivity index (χ3v) is 5.09. The molecule has 2 heterocycles. The van der Waals surface area contributed by atoms with Crippen LogP contribution in [0.3, 0.4) is 0 Å². The summed E-state index contributed by atoms with van der Waals surface area (Å²) < 4.78 is 8.81. The number of aromatic nitrogens is 2. The van der Waals surface area contributed by atoms with E-state index in [2.05, 4.69) is 0 Å². The Morgan fingerprint density at radius 1 is 0.786 bits per heavy atom. The first-order chi connectivity index (χ1) is 13.4. The van der Waals surface area contributed by atoms with Gasteiger partial charge in [0.2, 0.25) is 5.71 Å². The van der Waals surface area contributed by atoms with E-state index in [0.29, 0.717) is 16.6 Å². The van der Waals surface area contributed by atoms with E-state index in [4.69, 9.17) is 16.6 Å². The second kappa shape index (κ2) is 6.73. The molecule has 5 nitrogen and oxygen atoms in total. The van der Waals surface area contributed by atoms with Crippen molar-refractivity contribution in [2.75, 3.05) is 0 Å². The molecular formula is C22H18N2O3S. The van der Waals surface area contributed by atoms with Gasteiger partial charge in [0.05, 0.1) is 11.4 Å². The fraction of sp³-hybridized carbons (Fsp3) is 0.136. The van der Waals surface area contributed by atoms with Crippen molar-refractivity contribution in [2.45, 2.75) is 20.8 Å². The van der Waals surface area contributed by atoms with Gasteiger partial charge in [-0.15, -0.1) is 0 Å². The summed E-state index contributed by atoms with van der Waals surface area (Å²) in [5.41, 5.74) is 3.42. The van der Waals surface area contributed by atoms with Crippen molar-refractivity contribution < 1.29 is 4.42 Å². The maximum absolute atomic E-state index is 13.3. The lowest BCUT2D eigenvalue weighted by Crippen LogP contribution is -2.25. The Kier molecular flexibility index (Phi) is 4.35. The third kappa shape index (κ3) is 2.92. The van der Waals surface area contributed by atoms with E-state index in [1.54, 1.807) is 11.5 Å². The summed E-state index contributed by atoms with van der Waals surface area (Å²) in [5, 5.41) is 0.328. The number of benzene rings is 2. The first kappa shape index (κ1) is 18.1. The van der Waals surface area contributed by atoms with Gasteiger partial charge in [0.1, 0.15) is 5.39 Å². The van der Waals surface area contributed by atoms with E-state index < -0.39 is 5.63 Å². The van der Waals surface area contributed by atoms with Gasteiger partial charge in [-0.1, -0.05) is 35.4 Å². The van der Waals surface area contributed by atoms with Crippen molar-refractivity contribution in [1.29, 1.82) is 0 Å². The van der Waals surface area contributed by atoms with Gasteiger partial charge in [0.25, 0.3) is 5.56 Å². The zero-order chi connectivity index (χ0) is 20.0. The Morgan fingerprint density at radius 3 is 1.82 bits per heavy atom. The van der Waals surface area contributed by atoms with Crippen LogP contribution >= 0.6 is 12.2 Å². The molecule has 0 spiro atoms. The number of rotatable bonds is 2. The molecule has 6 heteroatoms. The van der Waals surface area contributed by atoms with Crippen molar-refractivity contribution in [3.8, 4) is 11.4 Å². The Morgan fingerprint density at radius 2 is 1.29 bits per heavy atom. The first-order valence-electron chi connectivity index (χ1n) is 8.83. The molecule has 0 aliphatic heterocycles. The second-order valence-corrected chi connectivity index (χ2v) is 7.22. The van der Waals surface area contributed by atoms with Crippen LogP contribution in [0.25, 0.3) is 22.5 Å². The standard InChI is InChI=1S/C22H18N2O3S/c1-13-4-8-16(9-5-13)23-20(26)19-15(3)12-18(25)27-21(19)24(22(23)28)17-10-6-14(2)7-11-17/h4-12H,1-3H3. The van der Waals surface area contributed by atoms with E-state index >= 15 is 0 Å². The maximum Gasteiger partial charge on any atom is 0.337 e. The number of hydrogen-bond donors (Lipinski definition) is 0. The lowest BCUT2D eigenvalue weighted by atomic mass is 10.2. The summed E-state index contributed by atoms with van der Waals surface area (Å²) in [6.45, 7) is 5.69. The van der Waals surface area contributed by atoms with Crippen LogP contribution < -0.4 is 11.2 Å². The summed E-state index contributed by atoms with van der Waals surface area (Å²) in [7, 11) is 0. The van der Waals surface area contributed by atoms with E-state index in [9.17, 15) is 9.59 Å². The van der Waals surface area contributed by atoms with Gasteiger partial charge in [-0.3, -0.25) is 13.9 Å². The van der Waals surface area contributed by atoms with Crippen molar-refractivity contribution in [3.05, 3.63) is 96.8 Å². The number of hydrogen-bond acceptors (Lipinski definition) is 4. The van der Waals surface area contributed by atoms with Gasteiger partial charge in [-0.2, -0.15) is 0 Å². The van der Waals surface area contributed by atoms with Gasteiger partial charge in [-0.05, 0) is 62.8 Å². The molecule has 0 aliphatic rings. The van der Waals surface area contributed by atoms with E-state index in [-0.39, 0.29) is 16.0 Å². The topological polar surface area (TPSA) is 57.1 Å². The Bertz CT molecular complexity index is 1380. The van der Waals surface area contributed by atoms with Gasteiger partial charge in [0.15, 0.2) is 4.77 Å². The minimum absolute atomic E-state index is 0.159. The zero-order valence-electron chi connectivity index (χ0n) is 15.7. The quantitative estimate of drug-likeness (QED) is 0.476. The zero-order valence-corrected chi connectivity index (χ0v) is 16.5. The molecule has 0 saturated carbocycles. The Balaban J connectivity index is 2.22. The summed E-state index contributed by atoms with van der Waals surface area (Å²) in [6, 6.07) is 16.5. The molecule has 0 aliphatic carbocycles. The minimum atomic E-state index is -0.521. The van der Waals surface area contributed by atoms with E-state index in [0.717, 1.165) is 16.8 Å². The summed E-state index contributed by atoms with van der Waals surface area (Å²) in [4.78, 5) is 25.4. The molecule has 2 aromatic heterocycles. The monoisotopic (exact) mass is 390 g/mol. The Labute approximate surface area is 166 Å². The molecule has 28 heavy (non-hydrogen) atoms. The SMILES string of the molecule is Cc1ccc(-n2c(=O)c3c(C)cc(=O)oc3n(-c3ccc(C)cc3)c2=S)cc1. The van der Waals surface area contributed by atoms with Crippen molar-refractivity contribution >= 4 is 23.3 Å². The minimum Gasteiger partial charge on any atom is -0.405 e. The van der Waals surface area contributed by atoms with Gasteiger partial charge in [-0.25, -0.2) is 4.79 Å². The summed E-state index contributed by atoms with van der Waals surface area (Å²) in [6.07, 6.45) is 0. The predicted molar refractivity (Wildman–Crippen MR) is 112 cm³/mol. The van der Waals surface area contributed by atoms with E-state index in [1.165, 1.54) is 10.6 Å². The van der Waals surface area contributed by atoms with E-state index in [1.807, 2.05) is 62.4 Å². The predicted octanol–water partition coefficient (Wildman–Crippen LogP) is 4.39. The molecule has 2 aromatic carbocycles. The molecule has 0 N–H and O–H groups in total. The van der Waals surface area contributed by atoms with Crippen LogP contribution in [-0.2, 0) is 0 Å². The van der Waals surface area contributed by atoms with Crippen LogP contribution in [0.1, 0.15) is 16.7 Å². The molecule has 0 fully saturated rings. The van der Waals surface area contributed by atoms with Crippen LogP contribution in [0.4, 0.5) is 0 Å².